The van der Waals surface area contributed by atoms with Crippen molar-refractivity contribution >= 4 is 35.9 Å². The van der Waals surface area contributed by atoms with Gasteiger partial charge in [0.25, 0.3) is 5.91 Å². The van der Waals surface area contributed by atoms with Gasteiger partial charge >= 0.3 is 5.97 Å². The number of hydrogen-bond acceptors (Lipinski definition) is 5. The molecule has 2 rings (SSSR count). The van der Waals surface area contributed by atoms with Gasteiger partial charge in [-0.05, 0) is 42.8 Å². The summed E-state index contributed by atoms with van der Waals surface area (Å²) in [7, 11) is 0. The second kappa shape index (κ2) is 10.5. The molecule has 0 unspecified atom stereocenters. The molecule has 1 aromatic heterocycles. The molecule has 0 saturated heterocycles. The number of nitrogens with one attached hydrogen (secondary N) is 1. The summed E-state index contributed by atoms with van der Waals surface area (Å²) >= 11 is 5.85. The monoisotopic (exact) mass is 384 g/mol. The number of hydrogen-bond donors (Lipinski definition) is 1. The zero-order chi connectivity index (χ0) is 17.4. The number of halogens is 2. The molecular formula is C17H18Cl2N2O4. The van der Waals surface area contributed by atoms with Gasteiger partial charge in [0.1, 0.15) is 12.4 Å². The highest BCUT2D eigenvalue weighted by molar-refractivity contribution is 6.30. The lowest BCUT2D eigenvalue weighted by Crippen LogP contribution is -2.28. The Balaban J connectivity index is 0.00000312. The van der Waals surface area contributed by atoms with Crippen molar-refractivity contribution in [1.29, 1.82) is 0 Å². The third-order valence-electron chi connectivity index (χ3n) is 3.08. The topological polar surface area (TPSA) is 77.5 Å². The Kier molecular flexibility index (Phi) is 8.74. The third kappa shape index (κ3) is 6.99. The van der Waals surface area contributed by atoms with Crippen LogP contribution >= 0.6 is 24.0 Å². The maximum Gasteiger partial charge on any atom is 0.344 e. The van der Waals surface area contributed by atoms with Crippen LogP contribution in [0.3, 0.4) is 0 Å². The van der Waals surface area contributed by atoms with E-state index in [4.69, 9.17) is 21.1 Å². The van der Waals surface area contributed by atoms with Gasteiger partial charge in [-0.3, -0.25) is 9.78 Å². The summed E-state index contributed by atoms with van der Waals surface area (Å²) in [5.74, 6) is -0.189. The predicted octanol–water partition coefficient (Wildman–Crippen LogP) is 2.82. The summed E-state index contributed by atoms with van der Waals surface area (Å²) in [6.07, 6.45) is 3.07. The fourth-order valence-corrected chi connectivity index (χ4v) is 2.11. The van der Waals surface area contributed by atoms with Gasteiger partial charge in [-0.15, -0.1) is 12.4 Å². The van der Waals surface area contributed by atoms with Crippen LogP contribution < -0.4 is 10.1 Å². The van der Waals surface area contributed by atoms with Crippen molar-refractivity contribution in [2.75, 3.05) is 19.8 Å². The highest BCUT2D eigenvalue weighted by atomic mass is 35.5. The van der Waals surface area contributed by atoms with Crippen LogP contribution in [-0.4, -0.2) is 36.6 Å². The molecule has 6 nitrogen and oxygen atoms in total. The molecule has 1 N–H and O–H groups in total. The fraction of sp³-hybridized carbons (Fsp3) is 0.235. The predicted molar refractivity (Wildman–Crippen MR) is 96.5 cm³/mol. The minimum Gasteiger partial charge on any atom is -0.482 e. The normalized spacial score (nSPS) is 9.68. The zero-order valence-electron chi connectivity index (χ0n) is 13.5. The molecule has 0 aliphatic carbocycles. The number of benzene rings is 1. The number of ether oxygens (including phenoxy) is 2. The maximum atomic E-state index is 11.8. The number of pyridine rings is 1. The van der Waals surface area contributed by atoms with Crippen molar-refractivity contribution in [3.8, 4) is 5.75 Å². The molecule has 0 aliphatic rings. The van der Waals surface area contributed by atoms with Crippen LogP contribution in [0, 0.1) is 6.92 Å². The molecule has 1 aromatic carbocycles. The minimum absolute atomic E-state index is 0. The van der Waals surface area contributed by atoms with Crippen LogP contribution in [0.4, 0.5) is 0 Å². The molecular weight excluding hydrogens is 367 g/mol. The first-order chi connectivity index (χ1) is 11.6. The van der Waals surface area contributed by atoms with Crippen molar-refractivity contribution in [1.82, 2.24) is 10.3 Å². The summed E-state index contributed by atoms with van der Waals surface area (Å²) in [6, 6.07) is 8.33. The van der Waals surface area contributed by atoms with E-state index in [-0.39, 0.29) is 38.1 Å². The minimum atomic E-state index is -0.512. The lowest BCUT2D eigenvalue weighted by atomic mass is 10.2. The standard InChI is InChI=1S/C17H17ClN2O4.ClH/c1-12-10-14(18)2-3-15(12)24-11-16(21)23-9-8-20-17(22)13-4-6-19-7-5-13;/h2-7,10H,8-9,11H2,1H3,(H,20,22);1H. The first-order valence-corrected chi connectivity index (χ1v) is 7.67. The SMILES string of the molecule is Cc1cc(Cl)ccc1OCC(=O)OCCNC(=O)c1ccncc1.Cl. The molecule has 0 spiro atoms. The van der Waals surface area contributed by atoms with E-state index in [9.17, 15) is 9.59 Å². The first kappa shape index (κ1) is 20.7. The number of rotatable bonds is 7. The molecule has 2 aromatic rings. The molecule has 0 saturated carbocycles. The third-order valence-corrected chi connectivity index (χ3v) is 3.31. The molecule has 0 fully saturated rings. The molecule has 0 atom stereocenters. The van der Waals surface area contributed by atoms with Crippen molar-refractivity contribution in [2.45, 2.75) is 6.92 Å². The zero-order valence-corrected chi connectivity index (χ0v) is 15.1. The second-order valence-electron chi connectivity index (χ2n) is 4.91. The Bertz CT molecular complexity index is 711. The number of esters is 1. The molecule has 25 heavy (non-hydrogen) atoms. The van der Waals surface area contributed by atoms with Crippen LogP contribution in [-0.2, 0) is 9.53 Å². The van der Waals surface area contributed by atoms with Gasteiger partial charge in [-0.1, -0.05) is 11.6 Å². The van der Waals surface area contributed by atoms with Crippen molar-refractivity contribution < 1.29 is 19.1 Å². The van der Waals surface area contributed by atoms with Gasteiger partial charge in [-0.25, -0.2) is 4.79 Å². The number of aryl methyl sites for hydroxylation is 1. The summed E-state index contributed by atoms with van der Waals surface area (Å²) in [6.45, 7) is 1.91. The van der Waals surface area contributed by atoms with Gasteiger partial charge in [0, 0.05) is 23.0 Å². The molecule has 0 aliphatic heterocycles. The number of amides is 1. The molecule has 134 valence electrons. The molecule has 0 radical (unpaired) electrons. The molecule has 1 amide bonds. The van der Waals surface area contributed by atoms with Crippen molar-refractivity contribution in [3.05, 3.63) is 58.9 Å². The Labute approximate surface area is 156 Å². The number of carbonyl (C=O) groups is 2. The Morgan fingerprint density at radius 1 is 1.20 bits per heavy atom. The van der Waals surface area contributed by atoms with E-state index < -0.39 is 5.97 Å². The quantitative estimate of drug-likeness (QED) is 0.586. The summed E-state index contributed by atoms with van der Waals surface area (Å²) in [5, 5.41) is 3.25. The summed E-state index contributed by atoms with van der Waals surface area (Å²) < 4.78 is 10.4. The van der Waals surface area contributed by atoms with E-state index >= 15 is 0 Å². The summed E-state index contributed by atoms with van der Waals surface area (Å²) in [4.78, 5) is 27.2. The van der Waals surface area contributed by atoms with E-state index in [1.54, 1.807) is 30.3 Å². The lowest BCUT2D eigenvalue weighted by Gasteiger charge is -2.10. The molecule has 8 heteroatoms. The Morgan fingerprint density at radius 2 is 1.92 bits per heavy atom. The summed E-state index contributed by atoms with van der Waals surface area (Å²) in [5.41, 5.74) is 1.33. The average Bonchev–Trinajstić information content (AvgIpc) is 2.58. The Morgan fingerprint density at radius 3 is 2.60 bits per heavy atom. The largest absolute Gasteiger partial charge is 0.482 e. The van der Waals surface area contributed by atoms with Gasteiger partial charge < -0.3 is 14.8 Å². The smallest absolute Gasteiger partial charge is 0.344 e. The van der Waals surface area contributed by atoms with Crippen molar-refractivity contribution in [3.63, 3.8) is 0 Å². The Hall–Kier alpha value is -2.31. The average molecular weight is 385 g/mol. The van der Waals surface area contributed by atoms with E-state index in [2.05, 4.69) is 10.3 Å². The van der Waals surface area contributed by atoms with E-state index in [0.717, 1.165) is 5.56 Å². The van der Waals surface area contributed by atoms with Crippen LogP contribution in [0.1, 0.15) is 15.9 Å². The number of carbonyl (C=O) groups excluding carboxylic acids is 2. The van der Waals surface area contributed by atoms with Gasteiger partial charge in [0.05, 0.1) is 6.54 Å². The van der Waals surface area contributed by atoms with E-state index in [0.29, 0.717) is 16.3 Å². The van der Waals surface area contributed by atoms with Gasteiger partial charge in [-0.2, -0.15) is 0 Å². The van der Waals surface area contributed by atoms with E-state index in [1.165, 1.54) is 12.4 Å². The fourth-order valence-electron chi connectivity index (χ4n) is 1.89. The van der Waals surface area contributed by atoms with Crippen LogP contribution in [0.25, 0.3) is 0 Å². The highest BCUT2D eigenvalue weighted by Crippen LogP contribution is 2.21. The molecule has 0 bridgehead atoms. The lowest BCUT2D eigenvalue weighted by molar-refractivity contribution is -0.145. The highest BCUT2D eigenvalue weighted by Gasteiger charge is 2.08. The number of nitrogens with zero attached hydrogens (tertiary/aromatic N) is 1. The van der Waals surface area contributed by atoms with Gasteiger partial charge in [0.2, 0.25) is 0 Å². The number of aromatic nitrogens is 1. The maximum absolute atomic E-state index is 11.8. The first-order valence-electron chi connectivity index (χ1n) is 7.29. The van der Waals surface area contributed by atoms with Crippen LogP contribution in [0.5, 0.6) is 5.75 Å². The van der Waals surface area contributed by atoms with Crippen molar-refractivity contribution in [2.24, 2.45) is 0 Å². The second-order valence-corrected chi connectivity index (χ2v) is 5.35. The van der Waals surface area contributed by atoms with Crippen LogP contribution in [0.2, 0.25) is 5.02 Å². The van der Waals surface area contributed by atoms with Gasteiger partial charge in [0.15, 0.2) is 6.61 Å². The molecule has 1 heterocycles. The van der Waals surface area contributed by atoms with E-state index in [1.807, 2.05) is 6.92 Å². The van der Waals surface area contributed by atoms with Crippen LogP contribution in [0.15, 0.2) is 42.7 Å².